The van der Waals surface area contributed by atoms with E-state index in [0.717, 1.165) is 10.6 Å². The summed E-state index contributed by atoms with van der Waals surface area (Å²) in [5.74, 6) is 0.226. The molecule has 0 heterocycles. The Balaban J connectivity index is 2.42. The molecule has 0 saturated carbocycles. The third kappa shape index (κ3) is 5.05. The molecule has 0 aliphatic rings. The van der Waals surface area contributed by atoms with Crippen LogP contribution in [0.3, 0.4) is 0 Å². The van der Waals surface area contributed by atoms with Crippen molar-refractivity contribution in [3.8, 4) is 0 Å². The Bertz CT molecular complexity index is 428. The van der Waals surface area contributed by atoms with Gasteiger partial charge in [0, 0.05) is 16.3 Å². The molecule has 0 bridgehead atoms. The van der Waals surface area contributed by atoms with Crippen LogP contribution in [0.4, 0.5) is 5.69 Å². The van der Waals surface area contributed by atoms with Crippen LogP contribution in [0.2, 0.25) is 0 Å². The number of esters is 1. The van der Waals surface area contributed by atoms with Crippen LogP contribution in [0.15, 0.2) is 41.8 Å². The zero-order valence-corrected chi connectivity index (χ0v) is 11.0. The minimum absolute atomic E-state index is 0.211. The maximum atomic E-state index is 11.1. The molecule has 1 aromatic rings. The molecule has 4 nitrogen and oxygen atoms in total. The van der Waals surface area contributed by atoms with E-state index in [1.807, 2.05) is 24.3 Å². The number of hydrogen-bond donors (Lipinski definition) is 1. The number of amides is 1. The fourth-order valence-electron chi connectivity index (χ4n) is 1.18. The Kier molecular flexibility index (Phi) is 6.00. The number of benzene rings is 1. The van der Waals surface area contributed by atoms with Crippen LogP contribution in [-0.2, 0) is 14.3 Å². The summed E-state index contributed by atoms with van der Waals surface area (Å²) in [6, 6.07) is 7.39. The lowest BCUT2D eigenvalue weighted by Crippen LogP contribution is -2.06. The van der Waals surface area contributed by atoms with Gasteiger partial charge in [-0.1, -0.05) is 6.58 Å². The maximum Gasteiger partial charge on any atom is 0.306 e. The van der Waals surface area contributed by atoms with Crippen molar-refractivity contribution in [1.82, 2.24) is 0 Å². The third-order valence-electron chi connectivity index (χ3n) is 2.11. The number of rotatable bonds is 6. The summed E-state index contributed by atoms with van der Waals surface area (Å²) in [6.45, 7) is 3.38. The zero-order valence-electron chi connectivity index (χ0n) is 10.1. The summed E-state index contributed by atoms with van der Waals surface area (Å²) in [6.07, 6.45) is 1.61. The van der Waals surface area contributed by atoms with E-state index < -0.39 is 0 Å². The average Bonchev–Trinajstić information content (AvgIpc) is 2.40. The average molecular weight is 265 g/mol. The quantitative estimate of drug-likeness (QED) is 0.487. The van der Waals surface area contributed by atoms with Gasteiger partial charge in [-0.2, -0.15) is 0 Å². The van der Waals surface area contributed by atoms with Crippen LogP contribution in [0.25, 0.3) is 0 Å². The van der Waals surface area contributed by atoms with Crippen molar-refractivity contribution in [2.45, 2.75) is 11.3 Å². The van der Waals surface area contributed by atoms with Crippen LogP contribution >= 0.6 is 11.8 Å². The number of thioether (sulfide) groups is 1. The number of anilines is 1. The summed E-state index contributed by atoms with van der Waals surface area (Å²) < 4.78 is 4.55. The molecular formula is C13H15NO3S. The smallest absolute Gasteiger partial charge is 0.306 e. The number of carbonyl (C=O) groups is 2. The Labute approximate surface area is 110 Å². The molecule has 0 radical (unpaired) electrons. The highest BCUT2D eigenvalue weighted by molar-refractivity contribution is 7.99. The first-order valence-electron chi connectivity index (χ1n) is 5.39. The summed E-state index contributed by atoms with van der Waals surface area (Å²) >= 11 is 1.56. The predicted molar refractivity (Wildman–Crippen MR) is 72.6 cm³/mol. The van der Waals surface area contributed by atoms with Gasteiger partial charge in [0.05, 0.1) is 13.5 Å². The standard InChI is InChI=1S/C13H15NO3S/c1-3-12(15)14-10-4-6-11(7-5-10)18-9-8-13(16)17-2/h3-7H,1,8-9H2,2H3,(H,14,15). The minimum Gasteiger partial charge on any atom is -0.469 e. The number of nitrogens with one attached hydrogen (secondary N) is 1. The lowest BCUT2D eigenvalue weighted by molar-refractivity contribution is -0.140. The molecule has 0 aliphatic carbocycles. The normalized spacial score (nSPS) is 9.61. The molecule has 0 saturated heterocycles. The van der Waals surface area contributed by atoms with E-state index in [0.29, 0.717) is 12.2 Å². The molecule has 0 fully saturated rings. The molecule has 0 aliphatic heterocycles. The summed E-state index contributed by atoms with van der Waals surface area (Å²) in [5.41, 5.74) is 0.720. The van der Waals surface area contributed by atoms with Gasteiger partial charge in [0.25, 0.3) is 0 Å². The molecule has 5 heteroatoms. The van der Waals surface area contributed by atoms with Gasteiger partial charge in [0.2, 0.25) is 5.91 Å². The molecule has 0 spiro atoms. The van der Waals surface area contributed by atoms with Gasteiger partial charge in [-0.05, 0) is 30.3 Å². The lowest BCUT2D eigenvalue weighted by Gasteiger charge is -2.04. The molecule has 1 aromatic carbocycles. The van der Waals surface area contributed by atoms with Crippen molar-refractivity contribution in [3.63, 3.8) is 0 Å². The summed E-state index contributed by atoms with van der Waals surface area (Å²) in [5, 5.41) is 2.66. The first-order chi connectivity index (χ1) is 8.65. The largest absolute Gasteiger partial charge is 0.469 e. The second-order valence-corrected chi connectivity index (χ2v) is 4.56. The monoisotopic (exact) mass is 265 g/mol. The zero-order chi connectivity index (χ0) is 13.4. The van der Waals surface area contributed by atoms with Gasteiger partial charge in [-0.25, -0.2) is 0 Å². The van der Waals surface area contributed by atoms with E-state index in [-0.39, 0.29) is 11.9 Å². The van der Waals surface area contributed by atoms with E-state index in [1.165, 1.54) is 13.2 Å². The lowest BCUT2D eigenvalue weighted by atomic mass is 10.3. The molecule has 1 N–H and O–H groups in total. The molecule has 0 atom stereocenters. The third-order valence-corrected chi connectivity index (χ3v) is 3.12. The van der Waals surface area contributed by atoms with E-state index in [2.05, 4.69) is 16.6 Å². The highest BCUT2D eigenvalue weighted by atomic mass is 32.2. The van der Waals surface area contributed by atoms with Crippen LogP contribution in [0, 0.1) is 0 Å². The van der Waals surface area contributed by atoms with E-state index >= 15 is 0 Å². The Morgan fingerprint density at radius 2 is 2.06 bits per heavy atom. The van der Waals surface area contributed by atoms with Crippen molar-refractivity contribution < 1.29 is 14.3 Å². The molecule has 0 unspecified atom stereocenters. The number of carbonyl (C=O) groups excluding carboxylic acids is 2. The van der Waals surface area contributed by atoms with E-state index in [4.69, 9.17) is 0 Å². The van der Waals surface area contributed by atoms with Crippen molar-refractivity contribution in [2.24, 2.45) is 0 Å². The molecule has 96 valence electrons. The van der Waals surface area contributed by atoms with Crippen LogP contribution in [0.5, 0.6) is 0 Å². The molecule has 0 aromatic heterocycles. The van der Waals surface area contributed by atoms with Gasteiger partial charge in [0.15, 0.2) is 0 Å². The second kappa shape index (κ2) is 7.55. The van der Waals surface area contributed by atoms with E-state index in [1.54, 1.807) is 11.8 Å². The van der Waals surface area contributed by atoms with Crippen molar-refractivity contribution in [2.75, 3.05) is 18.2 Å². The van der Waals surface area contributed by atoms with Crippen LogP contribution in [0.1, 0.15) is 6.42 Å². The van der Waals surface area contributed by atoms with Crippen molar-refractivity contribution >= 4 is 29.3 Å². The Hall–Kier alpha value is -1.75. The molecule has 1 amide bonds. The first kappa shape index (κ1) is 14.3. The van der Waals surface area contributed by atoms with Gasteiger partial charge in [-0.3, -0.25) is 9.59 Å². The summed E-state index contributed by atoms with van der Waals surface area (Å²) in [4.78, 5) is 23.0. The first-order valence-corrected chi connectivity index (χ1v) is 6.37. The predicted octanol–water partition coefficient (Wildman–Crippen LogP) is 2.47. The fourth-order valence-corrected chi connectivity index (χ4v) is 2.02. The SMILES string of the molecule is C=CC(=O)Nc1ccc(SCCC(=O)OC)cc1. The molecular weight excluding hydrogens is 250 g/mol. The van der Waals surface area contributed by atoms with Crippen LogP contribution < -0.4 is 5.32 Å². The fraction of sp³-hybridized carbons (Fsp3) is 0.231. The molecule has 1 rings (SSSR count). The second-order valence-electron chi connectivity index (χ2n) is 3.39. The van der Waals surface area contributed by atoms with Gasteiger partial charge in [0.1, 0.15) is 0 Å². The van der Waals surface area contributed by atoms with E-state index in [9.17, 15) is 9.59 Å². The molecule has 18 heavy (non-hydrogen) atoms. The minimum atomic E-state index is -0.235. The van der Waals surface area contributed by atoms with Gasteiger partial charge in [-0.15, -0.1) is 11.8 Å². The van der Waals surface area contributed by atoms with Crippen molar-refractivity contribution in [1.29, 1.82) is 0 Å². The van der Waals surface area contributed by atoms with Gasteiger partial charge < -0.3 is 10.1 Å². The highest BCUT2D eigenvalue weighted by Crippen LogP contribution is 2.21. The Morgan fingerprint density at radius 3 is 2.61 bits per heavy atom. The topological polar surface area (TPSA) is 55.4 Å². The summed E-state index contributed by atoms with van der Waals surface area (Å²) in [7, 11) is 1.38. The Morgan fingerprint density at radius 1 is 1.39 bits per heavy atom. The van der Waals surface area contributed by atoms with Crippen LogP contribution in [-0.4, -0.2) is 24.7 Å². The number of hydrogen-bond acceptors (Lipinski definition) is 4. The number of ether oxygens (including phenoxy) is 1. The van der Waals surface area contributed by atoms with Gasteiger partial charge >= 0.3 is 5.97 Å². The number of methoxy groups -OCH3 is 1. The highest BCUT2D eigenvalue weighted by Gasteiger charge is 2.01. The van der Waals surface area contributed by atoms with Crippen molar-refractivity contribution in [3.05, 3.63) is 36.9 Å². The maximum absolute atomic E-state index is 11.1.